The normalized spacial score (nSPS) is 29.0. The number of halogens is 2. The minimum absolute atomic E-state index is 0.0331. The Bertz CT molecular complexity index is 630. The van der Waals surface area contributed by atoms with E-state index in [1.807, 2.05) is 6.07 Å². The van der Waals surface area contributed by atoms with Crippen LogP contribution in [0.15, 0.2) is 18.5 Å². The first-order valence-electron chi connectivity index (χ1n) is 6.69. The summed E-state index contributed by atoms with van der Waals surface area (Å²) in [6.07, 6.45) is 0.979. The van der Waals surface area contributed by atoms with Crippen molar-refractivity contribution in [3.63, 3.8) is 0 Å². The molecule has 21 heavy (non-hydrogen) atoms. The minimum atomic E-state index is -2.69. The number of carbonyl (C=O) groups is 1. The molecule has 0 aromatic carbocycles. The first-order valence-corrected chi connectivity index (χ1v) is 6.69. The third-order valence-electron chi connectivity index (χ3n) is 4.22. The van der Waals surface area contributed by atoms with Gasteiger partial charge in [-0.15, -0.1) is 0 Å². The Labute approximate surface area is 120 Å². The molecule has 2 saturated heterocycles. The quantitative estimate of drug-likeness (QED) is 0.833. The van der Waals surface area contributed by atoms with E-state index in [1.54, 1.807) is 17.3 Å². The number of alkyl halides is 2. The van der Waals surface area contributed by atoms with Crippen molar-refractivity contribution >= 4 is 5.91 Å². The molecule has 0 saturated carbocycles. The van der Waals surface area contributed by atoms with Crippen LogP contribution in [0, 0.1) is 16.7 Å². The number of nitrogens with zero attached hydrogens (tertiary/aromatic N) is 4. The smallest absolute Gasteiger partial charge is 0.254 e. The fourth-order valence-corrected chi connectivity index (χ4v) is 3.00. The molecule has 1 aromatic heterocycles. The molecule has 0 bridgehead atoms. The average molecular weight is 292 g/mol. The van der Waals surface area contributed by atoms with Crippen LogP contribution in [-0.4, -0.2) is 40.4 Å². The highest BCUT2D eigenvalue weighted by Crippen LogP contribution is 2.44. The van der Waals surface area contributed by atoms with Crippen LogP contribution in [0.3, 0.4) is 0 Å². The van der Waals surface area contributed by atoms with Crippen LogP contribution in [0.25, 0.3) is 0 Å². The number of aromatic nitrogens is 1. The fourth-order valence-electron chi connectivity index (χ4n) is 3.00. The molecule has 2 atom stereocenters. The summed E-state index contributed by atoms with van der Waals surface area (Å²) in [6, 6.07) is 3.34. The van der Waals surface area contributed by atoms with Crippen LogP contribution < -0.4 is 0 Å². The van der Waals surface area contributed by atoms with Crippen LogP contribution >= 0.6 is 0 Å². The third kappa shape index (κ3) is 1.98. The average Bonchev–Trinajstić information content (AvgIpc) is 2.99. The van der Waals surface area contributed by atoms with Crippen LogP contribution in [-0.2, 0) is 4.79 Å². The number of pyridine rings is 1. The number of nitriles is 1. The molecule has 7 heteroatoms. The lowest BCUT2D eigenvalue weighted by molar-refractivity contribution is -0.147. The molecule has 2 aliphatic rings. The Hall–Kier alpha value is -2.07. The Morgan fingerprint density at radius 3 is 2.95 bits per heavy atom. The predicted octanol–water partition coefficient (Wildman–Crippen LogP) is 1.73. The molecule has 3 heterocycles. The van der Waals surface area contributed by atoms with E-state index in [0.29, 0.717) is 24.1 Å². The molecule has 1 aromatic rings. The van der Waals surface area contributed by atoms with E-state index in [0.717, 1.165) is 0 Å². The van der Waals surface area contributed by atoms with Gasteiger partial charge in [0.05, 0.1) is 11.6 Å². The Balaban J connectivity index is 1.94. The van der Waals surface area contributed by atoms with E-state index in [9.17, 15) is 13.6 Å². The SMILES string of the molecule is C[C@]1(C(F)F)CN2CC[C@@H](c3cncc(C#N)c3)N2C1=O. The maximum atomic E-state index is 13.2. The van der Waals surface area contributed by atoms with Gasteiger partial charge in [-0.3, -0.25) is 14.8 Å². The number of hydrogen-bond donors (Lipinski definition) is 0. The third-order valence-corrected chi connectivity index (χ3v) is 4.22. The molecule has 0 spiro atoms. The van der Waals surface area contributed by atoms with E-state index >= 15 is 0 Å². The van der Waals surface area contributed by atoms with Gasteiger partial charge in [-0.2, -0.15) is 5.26 Å². The molecule has 0 radical (unpaired) electrons. The van der Waals surface area contributed by atoms with Gasteiger partial charge in [-0.05, 0) is 25.0 Å². The second-order valence-electron chi connectivity index (χ2n) is 5.68. The molecule has 2 aliphatic heterocycles. The highest BCUT2D eigenvalue weighted by Gasteiger charge is 2.57. The standard InChI is InChI=1S/C14H14F2N4O/c1-14(12(15)16)8-19-3-2-11(20(19)13(14)21)10-4-9(5-17)6-18-7-10/h4,6-7,11-12H,2-3,8H2,1H3/t11-,14+/m0/s1. The van der Waals surface area contributed by atoms with Crippen LogP contribution in [0.4, 0.5) is 8.78 Å². The first-order chi connectivity index (χ1) is 9.97. The lowest BCUT2D eigenvalue weighted by Gasteiger charge is -2.26. The van der Waals surface area contributed by atoms with Gasteiger partial charge in [0, 0.05) is 25.5 Å². The Morgan fingerprint density at radius 2 is 2.29 bits per heavy atom. The summed E-state index contributed by atoms with van der Waals surface area (Å²) in [4.78, 5) is 16.4. The molecule has 0 aliphatic carbocycles. The van der Waals surface area contributed by atoms with E-state index in [-0.39, 0.29) is 12.6 Å². The van der Waals surface area contributed by atoms with Gasteiger partial charge in [0.1, 0.15) is 11.5 Å². The zero-order valence-electron chi connectivity index (χ0n) is 11.5. The predicted molar refractivity (Wildman–Crippen MR) is 68.8 cm³/mol. The van der Waals surface area contributed by atoms with Gasteiger partial charge in [-0.1, -0.05) is 0 Å². The monoisotopic (exact) mass is 292 g/mol. The van der Waals surface area contributed by atoms with Crippen molar-refractivity contribution in [3.05, 3.63) is 29.6 Å². The Kier molecular flexibility index (Phi) is 3.14. The number of carbonyl (C=O) groups excluding carboxylic acids is 1. The molecular weight excluding hydrogens is 278 g/mol. The van der Waals surface area contributed by atoms with Crippen molar-refractivity contribution in [1.82, 2.24) is 15.0 Å². The summed E-state index contributed by atoms with van der Waals surface area (Å²) in [5.41, 5.74) is -0.545. The van der Waals surface area contributed by atoms with Gasteiger partial charge in [0.25, 0.3) is 12.3 Å². The van der Waals surface area contributed by atoms with Crippen LogP contribution in [0.2, 0.25) is 0 Å². The zero-order chi connectivity index (χ0) is 15.2. The molecule has 110 valence electrons. The highest BCUT2D eigenvalue weighted by molar-refractivity contribution is 5.85. The number of rotatable bonds is 2. The fraction of sp³-hybridized carbons (Fsp3) is 0.500. The van der Waals surface area contributed by atoms with Gasteiger partial charge >= 0.3 is 0 Å². The van der Waals surface area contributed by atoms with Crippen LogP contribution in [0.5, 0.6) is 0 Å². The molecular formula is C14H14F2N4O. The highest BCUT2D eigenvalue weighted by atomic mass is 19.3. The van der Waals surface area contributed by atoms with Gasteiger partial charge in [0.2, 0.25) is 0 Å². The van der Waals surface area contributed by atoms with E-state index in [4.69, 9.17) is 5.26 Å². The van der Waals surface area contributed by atoms with Gasteiger partial charge < -0.3 is 0 Å². The van der Waals surface area contributed by atoms with E-state index in [2.05, 4.69) is 4.98 Å². The minimum Gasteiger partial charge on any atom is -0.272 e. The molecule has 3 rings (SSSR count). The first kappa shape index (κ1) is 13.9. The lowest BCUT2D eigenvalue weighted by atomic mass is 9.90. The van der Waals surface area contributed by atoms with Crippen molar-refractivity contribution < 1.29 is 13.6 Å². The lowest BCUT2D eigenvalue weighted by Crippen LogP contribution is -2.39. The molecule has 1 amide bonds. The Morgan fingerprint density at radius 1 is 1.52 bits per heavy atom. The number of hydrazine groups is 1. The maximum absolute atomic E-state index is 13.2. The van der Waals surface area contributed by atoms with Gasteiger partial charge in [-0.25, -0.2) is 13.8 Å². The summed E-state index contributed by atoms with van der Waals surface area (Å²) >= 11 is 0. The number of hydrogen-bond acceptors (Lipinski definition) is 4. The summed E-state index contributed by atoms with van der Waals surface area (Å²) in [5.74, 6) is -0.553. The zero-order valence-corrected chi connectivity index (χ0v) is 11.5. The van der Waals surface area contributed by atoms with Crippen molar-refractivity contribution in [2.24, 2.45) is 5.41 Å². The molecule has 5 nitrogen and oxygen atoms in total. The maximum Gasteiger partial charge on any atom is 0.254 e. The summed E-state index contributed by atoms with van der Waals surface area (Å²) in [7, 11) is 0. The molecule has 0 unspecified atom stereocenters. The van der Waals surface area contributed by atoms with E-state index < -0.39 is 17.7 Å². The summed E-state index contributed by atoms with van der Waals surface area (Å²) in [5, 5.41) is 12.0. The van der Waals surface area contributed by atoms with Crippen molar-refractivity contribution in [3.8, 4) is 6.07 Å². The van der Waals surface area contributed by atoms with Crippen molar-refractivity contribution in [2.45, 2.75) is 25.8 Å². The van der Waals surface area contributed by atoms with Gasteiger partial charge in [0.15, 0.2) is 0 Å². The number of fused-ring (bicyclic) bond motifs is 1. The van der Waals surface area contributed by atoms with Crippen molar-refractivity contribution in [1.29, 1.82) is 5.26 Å². The molecule has 2 fully saturated rings. The summed E-state index contributed by atoms with van der Waals surface area (Å²) in [6.45, 7) is 1.89. The second kappa shape index (κ2) is 4.74. The van der Waals surface area contributed by atoms with Crippen molar-refractivity contribution in [2.75, 3.05) is 13.1 Å². The second-order valence-corrected chi connectivity index (χ2v) is 5.68. The largest absolute Gasteiger partial charge is 0.272 e. The number of amides is 1. The summed E-state index contributed by atoms with van der Waals surface area (Å²) < 4.78 is 26.4. The van der Waals surface area contributed by atoms with E-state index in [1.165, 1.54) is 18.1 Å². The molecule has 0 N–H and O–H groups in total. The topological polar surface area (TPSA) is 60.2 Å². The van der Waals surface area contributed by atoms with Crippen LogP contribution in [0.1, 0.15) is 30.5 Å².